The standard InChI is InChI=1S/C19H22ClN3O4S/c1-19(2,3)27-18(25)23-10-4-5-14(23)16-21-22-17(26-16)28-11-15(24)12-6-8-13(20)9-7-12/h6-9,14H,4-5,10-11H2,1-3H3. The van der Waals surface area contributed by atoms with E-state index in [0.29, 0.717) is 28.2 Å². The minimum atomic E-state index is -0.567. The van der Waals surface area contributed by atoms with Gasteiger partial charge in [-0.15, -0.1) is 10.2 Å². The second-order valence-corrected chi connectivity index (χ2v) is 8.82. The summed E-state index contributed by atoms with van der Waals surface area (Å²) in [7, 11) is 0. The zero-order valence-corrected chi connectivity index (χ0v) is 17.5. The molecule has 1 saturated heterocycles. The summed E-state index contributed by atoms with van der Waals surface area (Å²) in [5.41, 5.74) is 0.00536. The van der Waals surface area contributed by atoms with E-state index in [2.05, 4.69) is 10.2 Å². The number of amides is 1. The van der Waals surface area contributed by atoms with Crippen LogP contribution in [0.3, 0.4) is 0 Å². The predicted molar refractivity (Wildman–Crippen MR) is 106 cm³/mol. The quantitative estimate of drug-likeness (QED) is 0.505. The number of thioether (sulfide) groups is 1. The van der Waals surface area contributed by atoms with E-state index in [1.165, 1.54) is 11.8 Å². The summed E-state index contributed by atoms with van der Waals surface area (Å²) in [6, 6.07) is 6.41. The summed E-state index contributed by atoms with van der Waals surface area (Å²) in [5.74, 6) is 0.478. The minimum absolute atomic E-state index is 0.0577. The molecule has 7 nitrogen and oxygen atoms in total. The van der Waals surface area contributed by atoms with Crippen molar-refractivity contribution in [2.45, 2.75) is 50.5 Å². The van der Waals surface area contributed by atoms with Crippen LogP contribution in [0.4, 0.5) is 4.79 Å². The fourth-order valence-electron chi connectivity index (χ4n) is 2.82. The van der Waals surface area contributed by atoms with Crippen molar-refractivity contribution in [3.63, 3.8) is 0 Å². The highest BCUT2D eigenvalue weighted by Gasteiger charge is 2.36. The molecule has 0 saturated carbocycles. The number of carbonyl (C=O) groups is 2. The number of aromatic nitrogens is 2. The zero-order valence-electron chi connectivity index (χ0n) is 16.0. The smallest absolute Gasteiger partial charge is 0.410 e. The molecule has 3 rings (SSSR count). The van der Waals surface area contributed by atoms with E-state index >= 15 is 0 Å². The predicted octanol–water partition coefficient (Wildman–Crippen LogP) is 4.77. The molecule has 0 bridgehead atoms. The maximum Gasteiger partial charge on any atom is 0.410 e. The van der Waals surface area contributed by atoms with Gasteiger partial charge in [0.2, 0.25) is 5.89 Å². The Morgan fingerprint density at radius 3 is 2.68 bits per heavy atom. The SMILES string of the molecule is CC(C)(C)OC(=O)N1CCCC1c1nnc(SCC(=O)c2ccc(Cl)cc2)o1. The Balaban J connectivity index is 1.60. The number of nitrogens with zero attached hydrogens (tertiary/aromatic N) is 3. The van der Waals surface area contributed by atoms with Gasteiger partial charge in [0.05, 0.1) is 5.75 Å². The molecule has 2 heterocycles. The summed E-state index contributed by atoms with van der Waals surface area (Å²) in [6.07, 6.45) is 1.18. The first-order chi connectivity index (χ1) is 13.2. The first kappa shape index (κ1) is 20.7. The molecule has 1 aliphatic rings. The van der Waals surface area contributed by atoms with Crippen molar-refractivity contribution in [1.82, 2.24) is 15.1 Å². The normalized spacial score (nSPS) is 17.0. The highest BCUT2D eigenvalue weighted by Crippen LogP contribution is 2.33. The molecule has 1 aliphatic heterocycles. The highest BCUT2D eigenvalue weighted by atomic mass is 35.5. The first-order valence-corrected chi connectivity index (χ1v) is 10.3. The van der Waals surface area contributed by atoms with Crippen LogP contribution in [0.15, 0.2) is 33.9 Å². The number of halogens is 1. The van der Waals surface area contributed by atoms with Crippen molar-refractivity contribution in [3.05, 3.63) is 40.7 Å². The van der Waals surface area contributed by atoms with E-state index in [4.69, 9.17) is 20.8 Å². The lowest BCUT2D eigenvalue weighted by molar-refractivity contribution is 0.0201. The molecule has 1 fully saturated rings. The van der Waals surface area contributed by atoms with Gasteiger partial charge < -0.3 is 9.15 Å². The third kappa shape index (κ3) is 5.26. The van der Waals surface area contributed by atoms with Crippen LogP contribution in [0.5, 0.6) is 0 Å². The summed E-state index contributed by atoms with van der Waals surface area (Å²) in [6.45, 7) is 6.07. The molecule has 0 aliphatic carbocycles. The van der Waals surface area contributed by atoms with Crippen LogP contribution in [-0.4, -0.2) is 44.9 Å². The Hall–Kier alpha value is -2.06. The molecule has 0 N–H and O–H groups in total. The van der Waals surface area contributed by atoms with E-state index in [-0.39, 0.29) is 23.7 Å². The van der Waals surface area contributed by atoms with Gasteiger partial charge in [0.15, 0.2) is 5.78 Å². The number of carbonyl (C=O) groups excluding carboxylic acids is 2. The number of benzene rings is 1. The van der Waals surface area contributed by atoms with Gasteiger partial charge >= 0.3 is 6.09 Å². The molecule has 28 heavy (non-hydrogen) atoms. The van der Waals surface area contributed by atoms with Crippen molar-refractivity contribution in [2.24, 2.45) is 0 Å². The van der Waals surface area contributed by atoms with E-state index in [0.717, 1.165) is 12.8 Å². The van der Waals surface area contributed by atoms with E-state index in [1.54, 1.807) is 29.2 Å². The number of likely N-dealkylation sites (tertiary alicyclic amines) is 1. The van der Waals surface area contributed by atoms with Crippen LogP contribution < -0.4 is 0 Å². The van der Waals surface area contributed by atoms with Crippen molar-refractivity contribution in [1.29, 1.82) is 0 Å². The van der Waals surface area contributed by atoms with Crippen LogP contribution in [0.2, 0.25) is 5.02 Å². The number of ketones is 1. The van der Waals surface area contributed by atoms with E-state index in [9.17, 15) is 9.59 Å². The maximum absolute atomic E-state index is 12.4. The Morgan fingerprint density at radius 1 is 1.29 bits per heavy atom. The van der Waals surface area contributed by atoms with Gasteiger partial charge in [-0.05, 0) is 57.9 Å². The van der Waals surface area contributed by atoms with Gasteiger partial charge in [-0.3, -0.25) is 9.69 Å². The summed E-state index contributed by atoms with van der Waals surface area (Å²) in [4.78, 5) is 26.3. The monoisotopic (exact) mass is 423 g/mol. The van der Waals surface area contributed by atoms with Gasteiger partial charge in [0.25, 0.3) is 5.22 Å². The van der Waals surface area contributed by atoms with E-state index < -0.39 is 5.60 Å². The summed E-state index contributed by atoms with van der Waals surface area (Å²) >= 11 is 7.01. The number of Topliss-reactive ketones (excluding diaryl/α,β-unsaturated/α-hetero) is 1. The molecular formula is C19H22ClN3O4S. The van der Waals surface area contributed by atoms with Crippen LogP contribution in [0.25, 0.3) is 0 Å². The minimum Gasteiger partial charge on any atom is -0.444 e. The summed E-state index contributed by atoms with van der Waals surface area (Å²) < 4.78 is 11.2. The number of hydrogen-bond acceptors (Lipinski definition) is 7. The molecule has 2 aromatic rings. The van der Waals surface area contributed by atoms with Gasteiger partial charge in [0, 0.05) is 17.1 Å². The Bertz CT molecular complexity index is 848. The molecular weight excluding hydrogens is 402 g/mol. The molecule has 9 heteroatoms. The Kier molecular flexibility index (Phi) is 6.30. The average molecular weight is 424 g/mol. The fourth-order valence-corrected chi connectivity index (χ4v) is 3.61. The second kappa shape index (κ2) is 8.53. The first-order valence-electron chi connectivity index (χ1n) is 8.97. The Labute approximate surface area is 172 Å². The average Bonchev–Trinajstić information content (AvgIpc) is 3.28. The van der Waals surface area contributed by atoms with Gasteiger partial charge in [-0.1, -0.05) is 23.4 Å². The lowest BCUT2D eigenvalue weighted by atomic mass is 10.1. The van der Waals surface area contributed by atoms with E-state index in [1.807, 2.05) is 20.8 Å². The fraction of sp³-hybridized carbons (Fsp3) is 0.474. The lowest BCUT2D eigenvalue weighted by Crippen LogP contribution is -2.36. The third-order valence-electron chi connectivity index (χ3n) is 4.08. The van der Waals surface area contributed by atoms with Crippen molar-refractivity contribution in [3.8, 4) is 0 Å². The third-order valence-corrected chi connectivity index (χ3v) is 5.15. The largest absolute Gasteiger partial charge is 0.444 e. The van der Waals surface area contributed by atoms with Crippen molar-refractivity contribution < 1.29 is 18.7 Å². The number of rotatable bonds is 5. The van der Waals surface area contributed by atoms with Crippen LogP contribution in [-0.2, 0) is 4.74 Å². The zero-order chi connectivity index (χ0) is 20.3. The summed E-state index contributed by atoms with van der Waals surface area (Å²) in [5, 5.41) is 8.96. The highest BCUT2D eigenvalue weighted by molar-refractivity contribution is 7.99. The van der Waals surface area contributed by atoms with Crippen LogP contribution in [0.1, 0.15) is 55.9 Å². The van der Waals surface area contributed by atoms with Gasteiger partial charge in [0.1, 0.15) is 11.6 Å². The van der Waals surface area contributed by atoms with Gasteiger partial charge in [-0.2, -0.15) is 0 Å². The van der Waals surface area contributed by atoms with Crippen molar-refractivity contribution >= 4 is 35.2 Å². The van der Waals surface area contributed by atoms with Crippen LogP contribution >= 0.6 is 23.4 Å². The lowest BCUT2D eigenvalue weighted by Gasteiger charge is -2.27. The topological polar surface area (TPSA) is 85.5 Å². The molecule has 1 aromatic heterocycles. The Morgan fingerprint density at radius 2 is 2.00 bits per heavy atom. The molecule has 1 atom stereocenters. The van der Waals surface area contributed by atoms with Gasteiger partial charge in [-0.25, -0.2) is 4.79 Å². The molecule has 1 aromatic carbocycles. The number of hydrogen-bond donors (Lipinski definition) is 0. The molecule has 150 valence electrons. The molecule has 0 spiro atoms. The number of ether oxygens (including phenoxy) is 1. The molecule has 0 radical (unpaired) electrons. The van der Waals surface area contributed by atoms with Crippen molar-refractivity contribution in [2.75, 3.05) is 12.3 Å². The van der Waals surface area contributed by atoms with Crippen LogP contribution in [0, 0.1) is 0 Å². The second-order valence-electron chi connectivity index (χ2n) is 7.46. The maximum atomic E-state index is 12.4. The molecule has 1 unspecified atom stereocenters. The molecule has 1 amide bonds.